The van der Waals surface area contributed by atoms with Crippen LogP contribution in [-0.4, -0.2) is 23.7 Å². The average Bonchev–Trinajstić information content (AvgIpc) is 2.20. The fourth-order valence-corrected chi connectivity index (χ4v) is 1.36. The summed E-state index contributed by atoms with van der Waals surface area (Å²) in [7, 11) is 1.75. The Labute approximate surface area is 89.5 Å². The largest absolute Gasteiger partial charge is 0.340 e. The van der Waals surface area contributed by atoms with Crippen LogP contribution in [0.15, 0.2) is 24.3 Å². The van der Waals surface area contributed by atoms with E-state index in [0.717, 1.165) is 5.56 Å². The van der Waals surface area contributed by atoms with Crippen molar-refractivity contribution in [2.75, 3.05) is 12.9 Å². The van der Waals surface area contributed by atoms with Gasteiger partial charge in [0.15, 0.2) is 0 Å². The van der Waals surface area contributed by atoms with Gasteiger partial charge in [-0.25, -0.2) is 0 Å². The first-order valence-electron chi connectivity index (χ1n) is 4.49. The Morgan fingerprint density at radius 3 is 2.43 bits per heavy atom. The number of alkyl halides is 1. The molecule has 0 aliphatic rings. The van der Waals surface area contributed by atoms with Crippen LogP contribution in [0, 0.1) is 6.92 Å². The molecule has 0 aliphatic carbocycles. The lowest BCUT2D eigenvalue weighted by Crippen LogP contribution is -2.26. The number of nitrogens with zero attached hydrogens (tertiary/aromatic N) is 1. The molecular weight excluding hydrogens is 198 g/mol. The molecule has 0 fully saturated rings. The molecule has 0 saturated carbocycles. The lowest BCUT2D eigenvalue weighted by molar-refractivity contribution is -0.127. The molecule has 0 saturated heterocycles. The second-order valence-electron chi connectivity index (χ2n) is 3.37. The molecule has 0 spiro atoms. The van der Waals surface area contributed by atoms with Crippen molar-refractivity contribution >= 4 is 17.5 Å². The van der Waals surface area contributed by atoms with Crippen molar-refractivity contribution in [3.63, 3.8) is 0 Å². The second-order valence-corrected chi connectivity index (χ2v) is 3.64. The molecule has 1 aromatic carbocycles. The minimum absolute atomic E-state index is 0.0440. The summed E-state index contributed by atoms with van der Waals surface area (Å²) in [5.41, 5.74) is 2.34. The molecule has 0 radical (unpaired) electrons. The third-order valence-electron chi connectivity index (χ3n) is 2.08. The van der Waals surface area contributed by atoms with E-state index in [1.54, 1.807) is 11.9 Å². The molecular formula is C11H14ClNO. The smallest absolute Gasteiger partial charge is 0.237 e. The fourth-order valence-electron chi connectivity index (χ4n) is 1.16. The van der Waals surface area contributed by atoms with E-state index in [-0.39, 0.29) is 11.8 Å². The summed E-state index contributed by atoms with van der Waals surface area (Å²) in [5.74, 6) is -0.00484. The predicted octanol–water partition coefficient (Wildman–Crippen LogP) is 2.19. The zero-order valence-electron chi connectivity index (χ0n) is 8.46. The molecule has 0 aromatic heterocycles. The van der Waals surface area contributed by atoms with Crippen LogP contribution in [0.25, 0.3) is 0 Å². The Bertz CT molecular complexity index is 308. The molecule has 0 bridgehead atoms. The number of halogens is 1. The molecule has 0 aliphatic heterocycles. The molecule has 3 heteroatoms. The predicted molar refractivity (Wildman–Crippen MR) is 58.4 cm³/mol. The molecule has 76 valence electrons. The zero-order chi connectivity index (χ0) is 10.6. The van der Waals surface area contributed by atoms with E-state index >= 15 is 0 Å². The van der Waals surface area contributed by atoms with Gasteiger partial charge in [0.2, 0.25) is 5.91 Å². The molecule has 14 heavy (non-hydrogen) atoms. The van der Waals surface area contributed by atoms with Crippen molar-refractivity contribution in [1.29, 1.82) is 0 Å². The van der Waals surface area contributed by atoms with Crippen molar-refractivity contribution in [2.24, 2.45) is 0 Å². The van der Waals surface area contributed by atoms with Gasteiger partial charge in [0.05, 0.1) is 0 Å². The summed E-state index contributed by atoms with van der Waals surface area (Å²) >= 11 is 5.45. The van der Waals surface area contributed by atoms with Gasteiger partial charge >= 0.3 is 0 Å². The van der Waals surface area contributed by atoms with Crippen LogP contribution < -0.4 is 0 Å². The first kappa shape index (κ1) is 11.1. The topological polar surface area (TPSA) is 20.3 Å². The number of carbonyl (C=O) groups excluding carboxylic acids is 1. The highest BCUT2D eigenvalue weighted by Crippen LogP contribution is 2.06. The van der Waals surface area contributed by atoms with Crippen LogP contribution in [0.1, 0.15) is 11.1 Å². The van der Waals surface area contributed by atoms with Crippen molar-refractivity contribution < 1.29 is 4.79 Å². The van der Waals surface area contributed by atoms with Gasteiger partial charge in [-0.3, -0.25) is 4.79 Å². The van der Waals surface area contributed by atoms with Crippen molar-refractivity contribution in [3.8, 4) is 0 Å². The number of carbonyl (C=O) groups is 1. The molecule has 0 heterocycles. The first-order valence-corrected chi connectivity index (χ1v) is 5.02. The number of hydrogen-bond donors (Lipinski definition) is 0. The van der Waals surface area contributed by atoms with Crippen LogP contribution in [0.4, 0.5) is 0 Å². The highest BCUT2D eigenvalue weighted by molar-refractivity contribution is 6.27. The average molecular weight is 212 g/mol. The second kappa shape index (κ2) is 5.01. The number of amides is 1. The molecule has 1 amide bonds. The molecule has 0 atom stereocenters. The van der Waals surface area contributed by atoms with Gasteiger partial charge in [-0.15, -0.1) is 11.6 Å². The zero-order valence-corrected chi connectivity index (χ0v) is 9.21. The third kappa shape index (κ3) is 3.04. The third-order valence-corrected chi connectivity index (χ3v) is 2.31. The Balaban J connectivity index is 2.60. The van der Waals surface area contributed by atoms with Crippen LogP contribution >= 0.6 is 11.6 Å². The van der Waals surface area contributed by atoms with E-state index in [4.69, 9.17) is 11.6 Å². The molecule has 1 aromatic rings. The quantitative estimate of drug-likeness (QED) is 0.702. The summed E-state index contributed by atoms with van der Waals surface area (Å²) in [6.07, 6.45) is 0. The SMILES string of the molecule is Cc1ccc(CN(C)C(=O)CCl)cc1. The van der Waals surface area contributed by atoms with Gasteiger partial charge in [0.1, 0.15) is 5.88 Å². The van der Waals surface area contributed by atoms with E-state index in [1.165, 1.54) is 5.56 Å². The van der Waals surface area contributed by atoms with Crippen molar-refractivity contribution in [3.05, 3.63) is 35.4 Å². The lowest BCUT2D eigenvalue weighted by Gasteiger charge is -2.15. The summed E-state index contributed by atoms with van der Waals surface area (Å²) in [6, 6.07) is 8.11. The van der Waals surface area contributed by atoms with E-state index in [1.807, 2.05) is 31.2 Å². The molecule has 0 N–H and O–H groups in total. The molecule has 2 nitrogen and oxygen atoms in total. The highest BCUT2D eigenvalue weighted by atomic mass is 35.5. The Morgan fingerprint density at radius 1 is 1.36 bits per heavy atom. The van der Waals surface area contributed by atoms with Gasteiger partial charge in [-0.1, -0.05) is 29.8 Å². The summed E-state index contributed by atoms with van der Waals surface area (Å²) < 4.78 is 0. The highest BCUT2D eigenvalue weighted by Gasteiger charge is 2.06. The van der Waals surface area contributed by atoms with Gasteiger partial charge in [-0.05, 0) is 12.5 Å². The van der Waals surface area contributed by atoms with Crippen molar-refractivity contribution in [1.82, 2.24) is 4.90 Å². The summed E-state index contributed by atoms with van der Waals surface area (Å²) in [5, 5.41) is 0. The maximum atomic E-state index is 11.2. The van der Waals surface area contributed by atoms with Crippen LogP contribution in [-0.2, 0) is 11.3 Å². The monoisotopic (exact) mass is 211 g/mol. The normalized spacial score (nSPS) is 9.93. The lowest BCUT2D eigenvalue weighted by atomic mass is 10.1. The Hall–Kier alpha value is -1.02. The van der Waals surface area contributed by atoms with Gasteiger partial charge < -0.3 is 4.90 Å². The van der Waals surface area contributed by atoms with E-state index in [0.29, 0.717) is 6.54 Å². The summed E-state index contributed by atoms with van der Waals surface area (Å²) in [4.78, 5) is 12.8. The number of aryl methyl sites for hydroxylation is 1. The first-order chi connectivity index (χ1) is 6.63. The van der Waals surface area contributed by atoms with Gasteiger partial charge in [0.25, 0.3) is 0 Å². The van der Waals surface area contributed by atoms with Crippen LogP contribution in [0.5, 0.6) is 0 Å². The van der Waals surface area contributed by atoms with Gasteiger partial charge in [-0.2, -0.15) is 0 Å². The van der Waals surface area contributed by atoms with Gasteiger partial charge in [0, 0.05) is 13.6 Å². The minimum atomic E-state index is -0.0489. The van der Waals surface area contributed by atoms with E-state index in [2.05, 4.69) is 0 Å². The molecule has 0 unspecified atom stereocenters. The Morgan fingerprint density at radius 2 is 1.93 bits per heavy atom. The summed E-state index contributed by atoms with van der Waals surface area (Å²) in [6.45, 7) is 2.66. The Kier molecular flexibility index (Phi) is 3.96. The minimum Gasteiger partial charge on any atom is -0.340 e. The number of rotatable bonds is 3. The maximum Gasteiger partial charge on any atom is 0.237 e. The molecule has 1 rings (SSSR count). The van der Waals surface area contributed by atoms with Crippen LogP contribution in [0.2, 0.25) is 0 Å². The van der Waals surface area contributed by atoms with E-state index < -0.39 is 0 Å². The van der Waals surface area contributed by atoms with Crippen molar-refractivity contribution in [2.45, 2.75) is 13.5 Å². The number of hydrogen-bond acceptors (Lipinski definition) is 1. The van der Waals surface area contributed by atoms with Crippen LogP contribution in [0.3, 0.4) is 0 Å². The maximum absolute atomic E-state index is 11.2. The number of benzene rings is 1. The fraction of sp³-hybridized carbons (Fsp3) is 0.364. The standard InChI is InChI=1S/C11H14ClNO/c1-9-3-5-10(6-4-9)8-13(2)11(14)7-12/h3-6H,7-8H2,1-2H3. The van der Waals surface area contributed by atoms with E-state index in [9.17, 15) is 4.79 Å².